The van der Waals surface area contributed by atoms with E-state index in [2.05, 4.69) is 5.32 Å². The van der Waals surface area contributed by atoms with Gasteiger partial charge >= 0.3 is 5.97 Å². The fourth-order valence-corrected chi connectivity index (χ4v) is 3.00. The predicted molar refractivity (Wildman–Crippen MR) is 99.0 cm³/mol. The van der Waals surface area contributed by atoms with Crippen molar-refractivity contribution in [3.8, 4) is 5.75 Å². The van der Waals surface area contributed by atoms with E-state index >= 15 is 0 Å². The molecular weight excluding hydrogens is 376 g/mol. The highest BCUT2D eigenvalue weighted by Gasteiger charge is 2.11. The quantitative estimate of drug-likeness (QED) is 0.542. The molecule has 0 bridgehead atoms. The molecule has 2 aromatic rings. The van der Waals surface area contributed by atoms with Gasteiger partial charge in [0.25, 0.3) is 5.91 Å². The van der Waals surface area contributed by atoms with E-state index in [4.69, 9.17) is 9.47 Å². The van der Waals surface area contributed by atoms with Crippen LogP contribution in [0.1, 0.15) is 12.0 Å². The van der Waals surface area contributed by atoms with Crippen LogP contribution in [-0.2, 0) is 14.3 Å². The predicted octanol–water partition coefficient (Wildman–Crippen LogP) is 3.95. The molecule has 5 nitrogen and oxygen atoms in total. The van der Waals surface area contributed by atoms with Gasteiger partial charge in [-0.2, -0.15) is 0 Å². The van der Waals surface area contributed by atoms with E-state index in [1.165, 1.54) is 24.9 Å². The maximum atomic E-state index is 13.1. The molecule has 0 saturated heterocycles. The summed E-state index contributed by atoms with van der Waals surface area (Å²) >= 11 is 1.19. The van der Waals surface area contributed by atoms with Crippen molar-refractivity contribution in [2.24, 2.45) is 0 Å². The van der Waals surface area contributed by atoms with Crippen molar-refractivity contribution in [1.29, 1.82) is 0 Å². The van der Waals surface area contributed by atoms with E-state index in [1.54, 1.807) is 12.1 Å². The van der Waals surface area contributed by atoms with E-state index < -0.39 is 30.1 Å². The number of esters is 1. The number of ether oxygens (including phenoxy) is 2. The minimum atomic E-state index is -0.939. The topological polar surface area (TPSA) is 64.6 Å². The molecule has 27 heavy (non-hydrogen) atoms. The summed E-state index contributed by atoms with van der Waals surface area (Å²) in [5.74, 6) is -2.09. The van der Waals surface area contributed by atoms with Crippen LogP contribution in [-0.4, -0.2) is 31.3 Å². The van der Waals surface area contributed by atoms with Crippen LogP contribution < -0.4 is 10.1 Å². The molecule has 8 heteroatoms. The first-order valence-corrected chi connectivity index (χ1v) is 9.05. The van der Waals surface area contributed by atoms with Gasteiger partial charge in [0.15, 0.2) is 18.2 Å². The van der Waals surface area contributed by atoms with Crippen molar-refractivity contribution in [3.05, 3.63) is 53.6 Å². The van der Waals surface area contributed by atoms with E-state index in [1.807, 2.05) is 13.0 Å². The Hall–Kier alpha value is -2.61. The third-order valence-corrected chi connectivity index (χ3v) is 4.45. The Kier molecular flexibility index (Phi) is 7.60. The van der Waals surface area contributed by atoms with Crippen LogP contribution >= 0.6 is 11.8 Å². The Morgan fingerprint density at radius 2 is 1.89 bits per heavy atom. The van der Waals surface area contributed by atoms with Crippen LogP contribution in [0.4, 0.5) is 14.5 Å². The third-order valence-electron chi connectivity index (χ3n) is 3.46. The lowest BCUT2D eigenvalue weighted by Gasteiger charge is -2.11. The smallest absolute Gasteiger partial charge is 0.307 e. The van der Waals surface area contributed by atoms with Crippen molar-refractivity contribution in [1.82, 2.24) is 0 Å². The molecule has 0 aliphatic carbocycles. The van der Waals surface area contributed by atoms with Crippen LogP contribution in [0.2, 0.25) is 0 Å². The Balaban J connectivity index is 1.74. The molecular formula is C19H19F2NO4S. The molecule has 0 fully saturated rings. The molecule has 0 aliphatic rings. The summed E-state index contributed by atoms with van der Waals surface area (Å²) in [4.78, 5) is 24.2. The number of methoxy groups -OCH3 is 1. The molecule has 0 atom stereocenters. The maximum Gasteiger partial charge on any atom is 0.307 e. The van der Waals surface area contributed by atoms with E-state index in [-0.39, 0.29) is 6.42 Å². The average Bonchev–Trinajstić information content (AvgIpc) is 2.63. The third kappa shape index (κ3) is 6.56. The minimum absolute atomic E-state index is 0.0324. The number of thioether (sulfide) groups is 1. The monoisotopic (exact) mass is 395 g/mol. The van der Waals surface area contributed by atoms with Gasteiger partial charge in [-0.15, -0.1) is 11.8 Å². The number of amides is 1. The Bertz CT molecular complexity index is 829. The number of carbonyl (C=O) groups is 2. The largest absolute Gasteiger partial charge is 0.495 e. The van der Waals surface area contributed by atoms with Crippen molar-refractivity contribution in [2.45, 2.75) is 18.2 Å². The van der Waals surface area contributed by atoms with Crippen molar-refractivity contribution >= 4 is 29.3 Å². The number of carbonyl (C=O) groups excluding carboxylic acids is 2. The number of rotatable bonds is 8. The normalized spacial score (nSPS) is 10.4. The first-order chi connectivity index (χ1) is 12.9. The van der Waals surface area contributed by atoms with Crippen LogP contribution in [0.15, 0.2) is 41.3 Å². The minimum Gasteiger partial charge on any atom is -0.495 e. The standard InChI is InChI=1S/C19H19F2NO4S/c1-12-3-6-17(25-2)16(9-12)22-18(23)11-26-19(24)7-8-27-13-4-5-14(20)15(21)10-13/h3-6,9-10H,7-8,11H2,1-2H3,(H,22,23). The fraction of sp³-hybridized carbons (Fsp3) is 0.263. The zero-order valence-electron chi connectivity index (χ0n) is 14.9. The zero-order valence-corrected chi connectivity index (χ0v) is 15.7. The first-order valence-electron chi connectivity index (χ1n) is 8.07. The Morgan fingerprint density at radius 1 is 1.11 bits per heavy atom. The van der Waals surface area contributed by atoms with Crippen LogP contribution in [0.5, 0.6) is 5.75 Å². The summed E-state index contributed by atoms with van der Waals surface area (Å²) in [5.41, 5.74) is 1.43. The SMILES string of the molecule is COc1ccc(C)cc1NC(=O)COC(=O)CCSc1ccc(F)c(F)c1. The van der Waals surface area contributed by atoms with Gasteiger partial charge in [-0.25, -0.2) is 8.78 Å². The molecule has 0 heterocycles. The number of benzene rings is 2. The van der Waals surface area contributed by atoms with Gasteiger partial charge in [0, 0.05) is 10.6 Å². The zero-order chi connectivity index (χ0) is 19.8. The van der Waals surface area contributed by atoms with Gasteiger partial charge in [-0.1, -0.05) is 6.07 Å². The lowest BCUT2D eigenvalue weighted by atomic mass is 10.2. The molecule has 0 aromatic heterocycles. The molecule has 0 radical (unpaired) electrons. The molecule has 2 aromatic carbocycles. The van der Waals surface area contributed by atoms with Gasteiger partial charge in [0.2, 0.25) is 0 Å². The molecule has 0 aliphatic heterocycles. The number of aryl methyl sites for hydroxylation is 1. The second-order valence-corrected chi connectivity index (χ2v) is 6.76. The van der Waals surface area contributed by atoms with Gasteiger partial charge in [-0.3, -0.25) is 9.59 Å². The summed E-state index contributed by atoms with van der Waals surface area (Å²) in [5, 5.41) is 2.63. The maximum absolute atomic E-state index is 13.1. The molecule has 0 saturated carbocycles. The van der Waals surface area contributed by atoms with E-state index in [0.29, 0.717) is 22.1 Å². The highest BCUT2D eigenvalue weighted by Crippen LogP contribution is 2.25. The van der Waals surface area contributed by atoms with Gasteiger partial charge in [0.1, 0.15) is 5.75 Å². The lowest BCUT2D eigenvalue weighted by molar-refractivity contribution is -0.146. The van der Waals surface area contributed by atoms with Crippen LogP contribution in [0.3, 0.4) is 0 Å². The fourth-order valence-electron chi connectivity index (χ4n) is 2.14. The molecule has 0 unspecified atom stereocenters. The Labute approximate surface area is 160 Å². The van der Waals surface area contributed by atoms with Gasteiger partial charge < -0.3 is 14.8 Å². The van der Waals surface area contributed by atoms with Crippen molar-refractivity contribution < 1.29 is 27.8 Å². The molecule has 1 N–H and O–H groups in total. The lowest BCUT2D eigenvalue weighted by Crippen LogP contribution is -2.21. The number of hydrogen-bond donors (Lipinski definition) is 1. The summed E-state index contributed by atoms with van der Waals surface area (Å²) in [6.45, 7) is 1.45. The van der Waals surface area contributed by atoms with E-state index in [9.17, 15) is 18.4 Å². The molecule has 0 spiro atoms. The number of anilines is 1. The van der Waals surface area contributed by atoms with Gasteiger partial charge in [-0.05, 0) is 42.8 Å². The second kappa shape index (κ2) is 9.91. The summed E-state index contributed by atoms with van der Waals surface area (Å²) in [7, 11) is 1.49. The summed E-state index contributed by atoms with van der Waals surface area (Å²) < 4.78 is 36.0. The van der Waals surface area contributed by atoms with Crippen LogP contribution in [0, 0.1) is 18.6 Å². The highest BCUT2D eigenvalue weighted by atomic mass is 32.2. The summed E-state index contributed by atoms with van der Waals surface area (Å²) in [6, 6.07) is 8.84. The van der Waals surface area contributed by atoms with Crippen molar-refractivity contribution in [3.63, 3.8) is 0 Å². The van der Waals surface area contributed by atoms with E-state index in [0.717, 1.165) is 17.7 Å². The average molecular weight is 395 g/mol. The van der Waals surface area contributed by atoms with Gasteiger partial charge in [0.05, 0.1) is 19.2 Å². The number of halogens is 2. The number of hydrogen-bond acceptors (Lipinski definition) is 5. The van der Waals surface area contributed by atoms with Crippen LogP contribution in [0.25, 0.3) is 0 Å². The highest BCUT2D eigenvalue weighted by molar-refractivity contribution is 7.99. The second-order valence-electron chi connectivity index (χ2n) is 5.59. The molecule has 2 rings (SSSR count). The van der Waals surface area contributed by atoms with Crippen molar-refractivity contribution in [2.75, 3.05) is 24.8 Å². The molecule has 144 valence electrons. The summed E-state index contributed by atoms with van der Waals surface area (Å²) in [6.07, 6.45) is 0.0324. The number of nitrogens with one attached hydrogen (secondary N) is 1. The Morgan fingerprint density at radius 3 is 2.59 bits per heavy atom. The first kappa shape index (κ1) is 20.7. The molecule has 1 amide bonds.